The van der Waals surface area contributed by atoms with Gasteiger partial charge in [0.05, 0.1) is 5.69 Å². The van der Waals surface area contributed by atoms with E-state index >= 15 is 0 Å². The summed E-state index contributed by atoms with van der Waals surface area (Å²) in [5.74, 6) is -1.33. The third kappa shape index (κ3) is 2.35. The second-order valence-corrected chi connectivity index (χ2v) is 3.21. The van der Waals surface area contributed by atoms with Crippen molar-refractivity contribution in [2.75, 3.05) is 0 Å². The van der Waals surface area contributed by atoms with Crippen LogP contribution in [0.25, 0.3) is 11.3 Å². The second-order valence-electron chi connectivity index (χ2n) is 3.21. The zero-order valence-corrected chi connectivity index (χ0v) is 9.18. The normalized spacial score (nSPS) is 9.56. The van der Waals surface area contributed by atoms with E-state index in [0.29, 0.717) is 5.69 Å². The molecule has 0 aliphatic rings. The summed E-state index contributed by atoms with van der Waals surface area (Å²) in [6, 6.07) is 9.40. The number of rotatable bonds is 2. The van der Waals surface area contributed by atoms with Crippen LogP contribution in [0.15, 0.2) is 36.5 Å². The Kier molecular flexibility index (Phi) is 3.94. The van der Waals surface area contributed by atoms with Crippen LogP contribution in [-0.4, -0.2) is 15.5 Å². The number of hydrogen-bond acceptors (Lipinski definition) is 3. The predicted octanol–water partition coefficient (Wildman–Crippen LogP) is -2.55. The number of aromatic nitrogens is 2. The Morgan fingerprint density at radius 3 is 2.44 bits per heavy atom. The van der Waals surface area contributed by atoms with Crippen LogP contribution in [0.3, 0.4) is 0 Å². The van der Waals surface area contributed by atoms with Gasteiger partial charge in [0.25, 0.3) is 0 Å². The standard InChI is InChI=1S/C11H10N2O2.Li/c1-13-7-9(12-10(13)11(14)15)8-5-3-2-4-6-8;/h2-7H,1H3,(H,14,15);/q;+1/p-1. The van der Waals surface area contributed by atoms with Crippen molar-refractivity contribution in [3.05, 3.63) is 42.4 Å². The van der Waals surface area contributed by atoms with Crippen LogP contribution in [0.5, 0.6) is 0 Å². The maximum absolute atomic E-state index is 10.7. The molecule has 0 spiro atoms. The fourth-order valence-electron chi connectivity index (χ4n) is 1.40. The van der Waals surface area contributed by atoms with Gasteiger partial charge in [0.15, 0.2) is 5.82 Å². The first-order valence-corrected chi connectivity index (χ1v) is 4.48. The van der Waals surface area contributed by atoms with Gasteiger partial charge in [-0.3, -0.25) is 0 Å². The summed E-state index contributed by atoms with van der Waals surface area (Å²) in [7, 11) is 1.63. The molecule has 0 unspecified atom stereocenters. The summed E-state index contributed by atoms with van der Waals surface area (Å²) in [6.45, 7) is 0. The van der Waals surface area contributed by atoms with Gasteiger partial charge >= 0.3 is 18.9 Å². The van der Waals surface area contributed by atoms with E-state index in [-0.39, 0.29) is 24.7 Å². The number of imidazole rings is 1. The largest absolute Gasteiger partial charge is 1.00 e. The number of hydrogen-bond donors (Lipinski definition) is 0. The first-order valence-electron chi connectivity index (χ1n) is 4.48. The Balaban J connectivity index is 0.00000128. The average molecular weight is 208 g/mol. The molecule has 1 aromatic carbocycles. The molecule has 0 radical (unpaired) electrons. The van der Waals surface area contributed by atoms with Crippen molar-refractivity contribution in [1.29, 1.82) is 0 Å². The molecule has 2 rings (SSSR count). The Hall–Kier alpha value is -1.50. The van der Waals surface area contributed by atoms with Crippen LogP contribution in [0, 0.1) is 0 Å². The molecule has 1 heterocycles. The minimum atomic E-state index is -1.26. The maximum Gasteiger partial charge on any atom is 1.00 e. The Morgan fingerprint density at radius 1 is 1.31 bits per heavy atom. The molecule has 0 amide bonds. The molecule has 0 aliphatic heterocycles. The van der Waals surface area contributed by atoms with Gasteiger partial charge in [0, 0.05) is 18.8 Å². The average Bonchev–Trinajstić information content (AvgIpc) is 2.62. The molecular weight excluding hydrogens is 199 g/mol. The van der Waals surface area contributed by atoms with Crippen molar-refractivity contribution in [3.63, 3.8) is 0 Å². The molecule has 4 nitrogen and oxygen atoms in total. The Bertz CT molecular complexity index is 494. The molecule has 5 heteroatoms. The second kappa shape index (κ2) is 5.02. The maximum atomic E-state index is 10.7. The van der Waals surface area contributed by atoms with Crippen molar-refractivity contribution < 1.29 is 28.8 Å². The SMILES string of the molecule is Cn1cc(-c2ccccc2)nc1C(=O)[O-].[Li+]. The summed E-state index contributed by atoms with van der Waals surface area (Å²) < 4.78 is 1.44. The fraction of sp³-hybridized carbons (Fsp3) is 0.0909. The van der Waals surface area contributed by atoms with E-state index < -0.39 is 5.97 Å². The van der Waals surface area contributed by atoms with E-state index in [9.17, 15) is 9.90 Å². The molecule has 1 aromatic heterocycles. The number of carboxylic acid groups (broad SMARTS) is 1. The molecule has 76 valence electrons. The van der Waals surface area contributed by atoms with Crippen LogP contribution in [0.2, 0.25) is 0 Å². The molecule has 16 heavy (non-hydrogen) atoms. The summed E-state index contributed by atoms with van der Waals surface area (Å²) in [5, 5.41) is 10.7. The third-order valence-corrected chi connectivity index (χ3v) is 2.13. The zero-order valence-electron chi connectivity index (χ0n) is 9.18. The predicted molar refractivity (Wildman–Crippen MR) is 53.0 cm³/mol. The van der Waals surface area contributed by atoms with Gasteiger partial charge in [0.2, 0.25) is 0 Å². The molecule has 0 saturated carbocycles. The van der Waals surface area contributed by atoms with Crippen LogP contribution in [0.1, 0.15) is 10.6 Å². The van der Waals surface area contributed by atoms with Crippen molar-refractivity contribution in [2.45, 2.75) is 0 Å². The number of carbonyl (C=O) groups is 1. The van der Waals surface area contributed by atoms with Crippen LogP contribution >= 0.6 is 0 Å². The number of aryl methyl sites for hydroxylation is 1. The molecule has 0 N–H and O–H groups in total. The Labute approximate surface area is 105 Å². The number of aromatic carboxylic acids is 1. The van der Waals surface area contributed by atoms with Gasteiger partial charge in [-0.15, -0.1) is 0 Å². The van der Waals surface area contributed by atoms with Crippen LogP contribution in [-0.2, 0) is 7.05 Å². The van der Waals surface area contributed by atoms with Crippen molar-refractivity contribution >= 4 is 5.97 Å². The van der Waals surface area contributed by atoms with Crippen molar-refractivity contribution in [2.24, 2.45) is 7.05 Å². The molecule has 0 atom stereocenters. The molecule has 0 saturated heterocycles. The smallest absolute Gasteiger partial charge is 0.542 e. The van der Waals surface area contributed by atoms with Crippen molar-refractivity contribution in [3.8, 4) is 11.3 Å². The molecule has 0 fully saturated rings. The zero-order chi connectivity index (χ0) is 10.8. The first-order chi connectivity index (χ1) is 7.18. The summed E-state index contributed by atoms with van der Waals surface area (Å²) in [6.07, 6.45) is 1.67. The topological polar surface area (TPSA) is 58.0 Å². The molecular formula is C11H9LiN2O2. The fourth-order valence-corrected chi connectivity index (χ4v) is 1.40. The van der Waals surface area contributed by atoms with Crippen molar-refractivity contribution in [1.82, 2.24) is 9.55 Å². The van der Waals surface area contributed by atoms with Crippen LogP contribution in [0.4, 0.5) is 0 Å². The summed E-state index contributed by atoms with van der Waals surface area (Å²) >= 11 is 0. The van der Waals surface area contributed by atoms with Gasteiger partial charge in [-0.1, -0.05) is 30.3 Å². The molecule has 2 aromatic rings. The Morgan fingerprint density at radius 2 is 1.94 bits per heavy atom. The molecule has 0 aliphatic carbocycles. The van der Waals surface area contributed by atoms with Gasteiger partial charge in [-0.2, -0.15) is 0 Å². The number of benzene rings is 1. The number of nitrogens with zero attached hydrogens (tertiary/aromatic N) is 2. The summed E-state index contributed by atoms with van der Waals surface area (Å²) in [4.78, 5) is 14.7. The van der Waals surface area contributed by atoms with E-state index in [0.717, 1.165) is 5.56 Å². The minimum Gasteiger partial charge on any atom is -0.542 e. The van der Waals surface area contributed by atoms with Gasteiger partial charge in [0.1, 0.15) is 5.97 Å². The van der Waals surface area contributed by atoms with Crippen LogP contribution < -0.4 is 24.0 Å². The van der Waals surface area contributed by atoms with Gasteiger partial charge in [-0.05, 0) is 0 Å². The monoisotopic (exact) mass is 208 g/mol. The van der Waals surface area contributed by atoms with E-state index in [1.807, 2.05) is 30.3 Å². The summed E-state index contributed by atoms with van der Waals surface area (Å²) in [5.41, 5.74) is 1.53. The van der Waals surface area contributed by atoms with Gasteiger partial charge in [-0.25, -0.2) is 4.98 Å². The first kappa shape index (κ1) is 12.6. The quantitative estimate of drug-likeness (QED) is 0.511. The van der Waals surface area contributed by atoms with E-state index in [1.165, 1.54) is 4.57 Å². The van der Waals surface area contributed by atoms with E-state index in [4.69, 9.17) is 0 Å². The number of carbonyl (C=O) groups excluding carboxylic acids is 1. The van der Waals surface area contributed by atoms with Gasteiger partial charge < -0.3 is 14.5 Å². The number of carboxylic acids is 1. The van der Waals surface area contributed by atoms with E-state index in [1.54, 1.807) is 13.2 Å². The molecule has 0 bridgehead atoms. The third-order valence-electron chi connectivity index (χ3n) is 2.13. The van der Waals surface area contributed by atoms with E-state index in [2.05, 4.69) is 4.98 Å². The minimum absolute atomic E-state index is 0.